The minimum atomic E-state index is 0.680. The van der Waals surface area contributed by atoms with E-state index >= 15 is 0 Å². The molecule has 1 saturated carbocycles. The first kappa shape index (κ1) is 11.0. The van der Waals surface area contributed by atoms with Crippen molar-refractivity contribution < 1.29 is 0 Å². The third kappa shape index (κ3) is 2.96. The molecule has 0 radical (unpaired) electrons. The van der Waals surface area contributed by atoms with Crippen molar-refractivity contribution in [3.63, 3.8) is 0 Å². The van der Waals surface area contributed by atoms with Gasteiger partial charge in [-0.1, -0.05) is 0 Å². The molecule has 0 bridgehead atoms. The molecule has 0 aromatic carbocycles. The van der Waals surface area contributed by atoms with Crippen molar-refractivity contribution in [1.29, 1.82) is 0 Å². The van der Waals surface area contributed by atoms with Gasteiger partial charge in [-0.05, 0) is 59.0 Å². The van der Waals surface area contributed by atoms with Crippen molar-refractivity contribution in [2.45, 2.75) is 51.6 Å². The second kappa shape index (κ2) is 4.97. The summed E-state index contributed by atoms with van der Waals surface area (Å²) in [5.41, 5.74) is 5.67. The number of nitrogens with two attached hydrogens (primary N) is 1. The summed E-state index contributed by atoms with van der Waals surface area (Å²) >= 11 is 0. The Morgan fingerprint density at radius 3 is 2.15 bits per heavy atom. The van der Waals surface area contributed by atoms with E-state index in [1.165, 1.54) is 25.7 Å². The summed E-state index contributed by atoms with van der Waals surface area (Å²) in [4.78, 5) is 2.51. The molecule has 0 aromatic heterocycles. The molecule has 2 heteroatoms. The van der Waals surface area contributed by atoms with Crippen molar-refractivity contribution in [3.05, 3.63) is 0 Å². The van der Waals surface area contributed by atoms with Gasteiger partial charge in [-0.25, -0.2) is 0 Å². The largest absolute Gasteiger partial charge is 0.330 e. The minimum Gasteiger partial charge on any atom is -0.330 e. The molecule has 0 unspecified atom stereocenters. The predicted molar refractivity (Wildman–Crippen MR) is 57.7 cm³/mol. The Hall–Kier alpha value is -0.0800. The summed E-state index contributed by atoms with van der Waals surface area (Å²) in [5, 5.41) is 0. The third-order valence-electron chi connectivity index (χ3n) is 3.54. The predicted octanol–water partition coefficient (Wildman–Crippen LogP) is 1.84. The maximum absolute atomic E-state index is 5.67. The van der Waals surface area contributed by atoms with Gasteiger partial charge >= 0.3 is 0 Å². The molecule has 0 heterocycles. The van der Waals surface area contributed by atoms with Crippen LogP contribution in [0.2, 0.25) is 0 Å². The molecule has 78 valence electrons. The van der Waals surface area contributed by atoms with E-state index in [-0.39, 0.29) is 0 Å². The smallest absolute Gasteiger partial charge is 0.00951 e. The first-order chi connectivity index (χ1) is 6.15. The summed E-state index contributed by atoms with van der Waals surface area (Å²) in [6, 6.07) is 1.49. The van der Waals surface area contributed by atoms with Gasteiger partial charge in [0.2, 0.25) is 0 Å². The van der Waals surface area contributed by atoms with Crippen LogP contribution in [0.1, 0.15) is 39.5 Å². The summed E-state index contributed by atoms with van der Waals surface area (Å²) < 4.78 is 0. The van der Waals surface area contributed by atoms with Crippen molar-refractivity contribution in [2.75, 3.05) is 13.6 Å². The maximum Gasteiger partial charge on any atom is 0.00951 e. The second-order valence-electron chi connectivity index (χ2n) is 4.67. The van der Waals surface area contributed by atoms with Crippen LogP contribution >= 0.6 is 0 Å². The van der Waals surface area contributed by atoms with Crippen molar-refractivity contribution in [1.82, 2.24) is 4.90 Å². The number of hydrogen-bond donors (Lipinski definition) is 1. The van der Waals surface area contributed by atoms with Gasteiger partial charge in [-0.15, -0.1) is 0 Å². The van der Waals surface area contributed by atoms with Crippen LogP contribution in [-0.2, 0) is 0 Å². The second-order valence-corrected chi connectivity index (χ2v) is 4.67. The van der Waals surface area contributed by atoms with Gasteiger partial charge < -0.3 is 10.6 Å². The summed E-state index contributed by atoms with van der Waals surface area (Å²) in [6.07, 6.45) is 5.35. The highest BCUT2D eigenvalue weighted by molar-refractivity contribution is 4.79. The lowest BCUT2D eigenvalue weighted by atomic mass is 9.85. The van der Waals surface area contributed by atoms with Crippen LogP contribution in [0.15, 0.2) is 0 Å². The van der Waals surface area contributed by atoms with E-state index in [2.05, 4.69) is 25.8 Å². The highest BCUT2D eigenvalue weighted by atomic mass is 15.1. The standard InChI is InChI=1S/C11H24N2/c1-9(2)13(3)11-6-4-10(8-12)5-7-11/h9-11H,4-8,12H2,1-3H3. The Bertz CT molecular complexity index is 137. The molecule has 0 saturated heterocycles. The van der Waals surface area contributed by atoms with Gasteiger partial charge in [0.25, 0.3) is 0 Å². The molecular formula is C11H24N2. The molecule has 2 N–H and O–H groups in total. The highest BCUT2D eigenvalue weighted by Crippen LogP contribution is 2.26. The maximum atomic E-state index is 5.67. The van der Waals surface area contributed by atoms with Crippen molar-refractivity contribution >= 4 is 0 Å². The quantitative estimate of drug-likeness (QED) is 0.725. The molecule has 0 aliphatic heterocycles. The Balaban J connectivity index is 2.32. The fraction of sp³-hybridized carbons (Fsp3) is 1.00. The van der Waals surface area contributed by atoms with Crippen LogP contribution < -0.4 is 5.73 Å². The Kier molecular flexibility index (Phi) is 4.20. The average Bonchev–Trinajstić information content (AvgIpc) is 2.17. The Morgan fingerprint density at radius 1 is 1.23 bits per heavy atom. The van der Waals surface area contributed by atoms with E-state index in [0.717, 1.165) is 18.5 Å². The van der Waals surface area contributed by atoms with Crippen LogP contribution in [0.4, 0.5) is 0 Å². The minimum absolute atomic E-state index is 0.680. The Labute approximate surface area is 82.5 Å². The SMILES string of the molecule is CC(C)N(C)C1CCC(CN)CC1. The lowest BCUT2D eigenvalue weighted by Crippen LogP contribution is -2.40. The van der Waals surface area contributed by atoms with Gasteiger partial charge in [-0.3, -0.25) is 0 Å². The number of hydrogen-bond acceptors (Lipinski definition) is 2. The van der Waals surface area contributed by atoms with Crippen LogP contribution in [-0.4, -0.2) is 30.6 Å². The molecule has 1 aliphatic carbocycles. The molecule has 13 heavy (non-hydrogen) atoms. The van der Waals surface area contributed by atoms with E-state index in [1.807, 2.05) is 0 Å². The van der Waals surface area contributed by atoms with Crippen LogP contribution in [0.5, 0.6) is 0 Å². The zero-order chi connectivity index (χ0) is 9.84. The van der Waals surface area contributed by atoms with Gasteiger partial charge in [-0.2, -0.15) is 0 Å². The average molecular weight is 184 g/mol. The van der Waals surface area contributed by atoms with E-state index in [9.17, 15) is 0 Å². The summed E-state index contributed by atoms with van der Waals surface area (Å²) in [5.74, 6) is 0.803. The van der Waals surface area contributed by atoms with Crippen LogP contribution in [0.25, 0.3) is 0 Å². The highest BCUT2D eigenvalue weighted by Gasteiger charge is 2.23. The fourth-order valence-electron chi connectivity index (χ4n) is 2.21. The number of nitrogens with zero attached hydrogens (tertiary/aromatic N) is 1. The Morgan fingerprint density at radius 2 is 1.77 bits per heavy atom. The van der Waals surface area contributed by atoms with Crippen molar-refractivity contribution in [3.8, 4) is 0 Å². The van der Waals surface area contributed by atoms with Crippen LogP contribution in [0.3, 0.4) is 0 Å². The molecule has 0 aromatic rings. The van der Waals surface area contributed by atoms with Gasteiger partial charge in [0.15, 0.2) is 0 Å². The molecule has 2 nitrogen and oxygen atoms in total. The van der Waals surface area contributed by atoms with Gasteiger partial charge in [0.05, 0.1) is 0 Å². The van der Waals surface area contributed by atoms with E-state index < -0.39 is 0 Å². The lowest BCUT2D eigenvalue weighted by Gasteiger charge is -2.36. The monoisotopic (exact) mass is 184 g/mol. The molecule has 1 rings (SSSR count). The van der Waals surface area contributed by atoms with Crippen LogP contribution in [0, 0.1) is 5.92 Å². The normalized spacial score (nSPS) is 30.0. The molecular weight excluding hydrogens is 160 g/mol. The molecule has 0 amide bonds. The molecule has 1 fully saturated rings. The zero-order valence-corrected chi connectivity index (χ0v) is 9.29. The van der Waals surface area contributed by atoms with Crippen molar-refractivity contribution in [2.24, 2.45) is 11.7 Å². The molecule has 0 atom stereocenters. The first-order valence-electron chi connectivity index (χ1n) is 5.57. The lowest BCUT2D eigenvalue weighted by molar-refractivity contribution is 0.137. The van der Waals surface area contributed by atoms with Gasteiger partial charge in [0, 0.05) is 12.1 Å². The number of rotatable bonds is 3. The summed E-state index contributed by atoms with van der Waals surface area (Å²) in [6.45, 7) is 5.43. The van der Waals surface area contributed by atoms with E-state index in [0.29, 0.717) is 6.04 Å². The fourth-order valence-corrected chi connectivity index (χ4v) is 2.21. The van der Waals surface area contributed by atoms with Gasteiger partial charge in [0.1, 0.15) is 0 Å². The molecule has 1 aliphatic rings. The summed E-state index contributed by atoms with van der Waals surface area (Å²) in [7, 11) is 2.25. The molecule has 0 spiro atoms. The zero-order valence-electron chi connectivity index (χ0n) is 9.29. The first-order valence-corrected chi connectivity index (χ1v) is 5.57. The topological polar surface area (TPSA) is 29.3 Å². The third-order valence-corrected chi connectivity index (χ3v) is 3.54. The van der Waals surface area contributed by atoms with E-state index in [4.69, 9.17) is 5.73 Å². The van der Waals surface area contributed by atoms with E-state index in [1.54, 1.807) is 0 Å².